The molecule has 1 aliphatic rings. The van der Waals surface area contributed by atoms with Gasteiger partial charge in [0.25, 0.3) is 0 Å². The third-order valence-corrected chi connectivity index (χ3v) is 4.91. The first-order chi connectivity index (χ1) is 12.2. The summed E-state index contributed by atoms with van der Waals surface area (Å²) in [4.78, 5) is 13.5. The van der Waals surface area contributed by atoms with Crippen molar-refractivity contribution < 1.29 is 14.3 Å². The van der Waals surface area contributed by atoms with Crippen molar-refractivity contribution in [2.45, 2.75) is 13.5 Å². The van der Waals surface area contributed by atoms with E-state index in [1.54, 1.807) is 23.5 Å². The Balaban J connectivity index is 1.59. The summed E-state index contributed by atoms with van der Waals surface area (Å²) >= 11 is 1.57. The van der Waals surface area contributed by atoms with Gasteiger partial charge in [-0.15, -0.1) is 11.3 Å². The fourth-order valence-corrected chi connectivity index (χ4v) is 3.41. The highest BCUT2D eigenvalue weighted by atomic mass is 32.1. The van der Waals surface area contributed by atoms with Crippen LogP contribution in [-0.2, 0) is 6.61 Å². The molecule has 1 aliphatic heterocycles. The molecular weight excluding hydrogens is 332 g/mol. The number of carbonyl (C=O) groups is 1. The maximum absolute atomic E-state index is 12.5. The molecule has 124 valence electrons. The Morgan fingerprint density at radius 2 is 1.92 bits per heavy atom. The van der Waals surface area contributed by atoms with E-state index in [-0.39, 0.29) is 5.78 Å². The molecule has 0 atom stereocenters. The summed E-state index contributed by atoms with van der Waals surface area (Å²) in [5.74, 6) is 1.60. The molecule has 25 heavy (non-hydrogen) atoms. The standard InChI is InChI=1S/C21H16O3S/c1-14-18(23-13-15-6-3-2-4-7-15)10-9-17-20(22)19(24-21(14)17)12-16-8-5-11-25-16/h2-12H,13H2,1H3/b19-12-. The summed E-state index contributed by atoms with van der Waals surface area (Å²) in [6, 6.07) is 17.5. The molecule has 0 saturated heterocycles. The molecule has 0 N–H and O–H groups in total. The van der Waals surface area contributed by atoms with Gasteiger partial charge in [0.1, 0.15) is 18.1 Å². The average Bonchev–Trinajstić information content (AvgIpc) is 3.25. The van der Waals surface area contributed by atoms with Crippen LogP contribution < -0.4 is 9.47 Å². The van der Waals surface area contributed by atoms with Crippen LogP contribution in [0.4, 0.5) is 0 Å². The molecule has 4 rings (SSSR count). The van der Waals surface area contributed by atoms with Gasteiger partial charge in [-0.25, -0.2) is 0 Å². The quantitative estimate of drug-likeness (QED) is 0.604. The molecule has 3 aromatic rings. The van der Waals surface area contributed by atoms with E-state index in [4.69, 9.17) is 9.47 Å². The Morgan fingerprint density at radius 1 is 1.08 bits per heavy atom. The second-order valence-electron chi connectivity index (χ2n) is 5.79. The number of carbonyl (C=O) groups excluding carboxylic acids is 1. The van der Waals surface area contributed by atoms with Crippen LogP contribution in [0.2, 0.25) is 0 Å². The van der Waals surface area contributed by atoms with E-state index in [1.807, 2.05) is 60.8 Å². The fourth-order valence-electron chi connectivity index (χ4n) is 2.76. The molecule has 1 aromatic heterocycles. The summed E-state index contributed by atoms with van der Waals surface area (Å²) in [7, 11) is 0. The average molecular weight is 348 g/mol. The molecule has 0 fully saturated rings. The highest BCUT2D eigenvalue weighted by Gasteiger charge is 2.30. The van der Waals surface area contributed by atoms with E-state index in [9.17, 15) is 4.79 Å². The molecule has 2 heterocycles. The lowest BCUT2D eigenvalue weighted by atomic mass is 10.1. The zero-order valence-corrected chi connectivity index (χ0v) is 14.5. The van der Waals surface area contributed by atoms with Crippen LogP contribution in [0.25, 0.3) is 6.08 Å². The molecule has 0 aliphatic carbocycles. The van der Waals surface area contributed by atoms with Crippen LogP contribution in [0.3, 0.4) is 0 Å². The van der Waals surface area contributed by atoms with Crippen molar-refractivity contribution in [1.29, 1.82) is 0 Å². The van der Waals surface area contributed by atoms with E-state index in [0.29, 0.717) is 23.7 Å². The van der Waals surface area contributed by atoms with Gasteiger partial charge in [-0.2, -0.15) is 0 Å². The predicted octanol–water partition coefficient (Wildman–Crippen LogP) is 5.25. The zero-order valence-electron chi connectivity index (χ0n) is 13.7. The maximum atomic E-state index is 12.5. The van der Waals surface area contributed by atoms with Crippen molar-refractivity contribution in [3.05, 3.63) is 87.3 Å². The first-order valence-electron chi connectivity index (χ1n) is 8.00. The highest BCUT2D eigenvalue weighted by molar-refractivity contribution is 7.10. The number of ketones is 1. The lowest BCUT2D eigenvalue weighted by Crippen LogP contribution is -1.98. The Bertz CT molecular complexity index is 941. The Labute approximate surface area is 150 Å². The van der Waals surface area contributed by atoms with Crippen LogP contribution >= 0.6 is 11.3 Å². The number of allylic oxidation sites excluding steroid dienone is 1. The maximum Gasteiger partial charge on any atom is 0.232 e. The molecule has 0 bridgehead atoms. The third kappa shape index (κ3) is 3.08. The lowest BCUT2D eigenvalue weighted by Gasteiger charge is -2.11. The van der Waals surface area contributed by atoms with Crippen molar-refractivity contribution in [2.24, 2.45) is 0 Å². The van der Waals surface area contributed by atoms with E-state index in [0.717, 1.165) is 21.8 Å². The molecule has 0 unspecified atom stereocenters. The largest absolute Gasteiger partial charge is 0.488 e. The number of hydrogen-bond acceptors (Lipinski definition) is 4. The van der Waals surface area contributed by atoms with Crippen LogP contribution in [0.5, 0.6) is 11.5 Å². The van der Waals surface area contributed by atoms with Gasteiger partial charge in [0.15, 0.2) is 5.76 Å². The minimum atomic E-state index is -0.0823. The number of rotatable bonds is 4. The summed E-state index contributed by atoms with van der Waals surface area (Å²) in [5, 5.41) is 1.97. The molecule has 0 radical (unpaired) electrons. The van der Waals surface area contributed by atoms with Crippen molar-refractivity contribution in [3.8, 4) is 11.5 Å². The zero-order chi connectivity index (χ0) is 17.2. The Morgan fingerprint density at radius 3 is 2.68 bits per heavy atom. The summed E-state index contributed by atoms with van der Waals surface area (Å²) in [6.45, 7) is 2.40. The Hall–Kier alpha value is -2.85. The van der Waals surface area contributed by atoms with Crippen molar-refractivity contribution in [3.63, 3.8) is 0 Å². The molecule has 0 amide bonds. The molecule has 4 heteroatoms. The van der Waals surface area contributed by atoms with Crippen LogP contribution in [0.15, 0.2) is 65.7 Å². The third-order valence-electron chi connectivity index (χ3n) is 4.09. The second kappa shape index (κ2) is 6.57. The van der Waals surface area contributed by atoms with E-state index in [2.05, 4.69) is 0 Å². The first kappa shape index (κ1) is 15.7. The summed E-state index contributed by atoms with van der Waals surface area (Å²) in [5.41, 5.74) is 2.53. The monoisotopic (exact) mass is 348 g/mol. The topological polar surface area (TPSA) is 35.5 Å². The van der Waals surface area contributed by atoms with Crippen molar-refractivity contribution in [1.82, 2.24) is 0 Å². The van der Waals surface area contributed by atoms with Gasteiger partial charge in [-0.1, -0.05) is 36.4 Å². The second-order valence-corrected chi connectivity index (χ2v) is 6.77. The molecule has 3 nitrogen and oxygen atoms in total. The molecule has 2 aromatic carbocycles. The normalized spacial score (nSPS) is 14.4. The van der Waals surface area contributed by atoms with E-state index < -0.39 is 0 Å². The van der Waals surface area contributed by atoms with Crippen molar-refractivity contribution in [2.75, 3.05) is 0 Å². The molecule has 0 saturated carbocycles. The predicted molar refractivity (Wildman–Crippen MR) is 99.2 cm³/mol. The fraction of sp³-hybridized carbons (Fsp3) is 0.0952. The number of ether oxygens (including phenoxy) is 2. The smallest absolute Gasteiger partial charge is 0.232 e. The first-order valence-corrected chi connectivity index (χ1v) is 8.88. The number of benzene rings is 2. The van der Waals surface area contributed by atoms with Gasteiger partial charge < -0.3 is 9.47 Å². The number of fused-ring (bicyclic) bond motifs is 1. The van der Waals surface area contributed by atoms with Crippen molar-refractivity contribution >= 4 is 23.2 Å². The highest BCUT2D eigenvalue weighted by Crippen LogP contribution is 2.39. The van der Waals surface area contributed by atoms with Crippen LogP contribution in [0.1, 0.15) is 26.4 Å². The van der Waals surface area contributed by atoms with Crippen LogP contribution in [0, 0.1) is 6.92 Å². The van der Waals surface area contributed by atoms with E-state index >= 15 is 0 Å². The minimum absolute atomic E-state index is 0.0823. The number of hydrogen-bond donors (Lipinski definition) is 0. The molecule has 0 spiro atoms. The SMILES string of the molecule is Cc1c(OCc2ccccc2)ccc2c1O/C(=C\c1cccs1)C2=O. The summed E-state index contributed by atoms with van der Waals surface area (Å²) in [6.07, 6.45) is 1.79. The van der Waals surface area contributed by atoms with Crippen LogP contribution in [-0.4, -0.2) is 5.78 Å². The molecular formula is C21H16O3S. The van der Waals surface area contributed by atoms with E-state index in [1.165, 1.54) is 0 Å². The van der Waals surface area contributed by atoms with Gasteiger partial charge in [-0.05, 0) is 36.1 Å². The van der Waals surface area contributed by atoms with Gasteiger partial charge in [0, 0.05) is 16.5 Å². The van der Waals surface area contributed by atoms with Gasteiger partial charge in [0.2, 0.25) is 5.78 Å². The lowest BCUT2D eigenvalue weighted by molar-refractivity contribution is 0.101. The summed E-state index contributed by atoms with van der Waals surface area (Å²) < 4.78 is 11.8. The Kier molecular flexibility index (Phi) is 4.12. The number of thiophene rings is 1. The van der Waals surface area contributed by atoms with Gasteiger partial charge in [0.05, 0.1) is 5.56 Å². The van der Waals surface area contributed by atoms with Gasteiger partial charge >= 0.3 is 0 Å². The number of Topliss-reactive ketones (excluding diaryl/α,β-unsaturated/α-hetero) is 1. The minimum Gasteiger partial charge on any atom is -0.488 e. The van der Waals surface area contributed by atoms with Gasteiger partial charge in [-0.3, -0.25) is 4.79 Å².